The molecule has 1 aromatic carbocycles. The van der Waals surface area contributed by atoms with Crippen LogP contribution in [-0.2, 0) is 0 Å². The van der Waals surface area contributed by atoms with Crippen molar-refractivity contribution in [1.82, 2.24) is 9.97 Å². The molecule has 104 valence electrons. The lowest BCUT2D eigenvalue weighted by Gasteiger charge is -2.09. The summed E-state index contributed by atoms with van der Waals surface area (Å²) < 4.78 is 13.6. The molecule has 3 rings (SSSR count). The molecule has 1 saturated carbocycles. The van der Waals surface area contributed by atoms with Crippen LogP contribution >= 0.6 is 0 Å². The van der Waals surface area contributed by atoms with Crippen molar-refractivity contribution in [3.8, 4) is 0 Å². The molecule has 1 fully saturated rings. The van der Waals surface area contributed by atoms with E-state index in [4.69, 9.17) is 0 Å². The first-order valence-electron chi connectivity index (χ1n) is 6.90. The molecule has 0 atom stereocenters. The first kappa shape index (κ1) is 12.8. The van der Waals surface area contributed by atoms with Gasteiger partial charge in [0.2, 0.25) is 5.95 Å². The van der Waals surface area contributed by atoms with Gasteiger partial charge in [-0.25, -0.2) is 9.37 Å². The molecule has 1 heterocycles. The summed E-state index contributed by atoms with van der Waals surface area (Å²) in [7, 11) is 0. The number of nitrogens with one attached hydrogen (secondary N) is 2. The van der Waals surface area contributed by atoms with Gasteiger partial charge < -0.3 is 10.6 Å². The van der Waals surface area contributed by atoms with Gasteiger partial charge in [-0.3, -0.25) is 0 Å². The molecule has 20 heavy (non-hydrogen) atoms. The summed E-state index contributed by atoms with van der Waals surface area (Å²) in [6.07, 6.45) is 4.87. The van der Waals surface area contributed by atoms with E-state index in [1.54, 1.807) is 0 Å². The Balaban J connectivity index is 1.65. The zero-order valence-corrected chi connectivity index (χ0v) is 11.1. The van der Waals surface area contributed by atoms with Gasteiger partial charge in [0.05, 0.1) is 6.20 Å². The third-order valence-corrected chi connectivity index (χ3v) is 3.32. The Morgan fingerprint density at radius 1 is 1.20 bits per heavy atom. The normalized spacial score (nSPS) is 14.1. The van der Waals surface area contributed by atoms with Crippen LogP contribution in [0.25, 0.3) is 0 Å². The maximum Gasteiger partial charge on any atom is 0.229 e. The lowest BCUT2D eigenvalue weighted by molar-refractivity contribution is 0.615. The summed E-state index contributed by atoms with van der Waals surface area (Å²) in [4.78, 5) is 8.13. The van der Waals surface area contributed by atoms with Crippen LogP contribution in [0, 0.1) is 11.7 Å². The fraction of sp³-hybridized carbons (Fsp3) is 0.333. The topological polar surface area (TPSA) is 49.8 Å². The molecule has 0 saturated heterocycles. The standard InChI is InChI=1S/C15H17FN4/c16-13-10-18-15(19-12-4-2-1-3-5-12)20-14(13)17-9-8-11-6-7-11/h1-5,10-11H,6-9H2,(H2,17,18,19,20). The summed E-state index contributed by atoms with van der Waals surface area (Å²) >= 11 is 0. The maximum absolute atomic E-state index is 13.6. The second kappa shape index (κ2) is 5.86. The van der Waals surface area contributed by atoms with Crippen molar-refractivity contribution in [3.63, 3.8) is 0 Å². The molecule has 1 aliphatic carbocycles. The van der Waals surface area contributed by atoms with Crippen molar-refractivity contribution in [2.75, 3.05) is 17.2 Å². The maximum atomic E-state index is 13.6. The van der Waals surface area contributed by atoms with E-state index in [1.807, 2.05) is 30.3 Å². The monoisotopic (exact) mass is 272 g/mol. The predicted molar refractivity (Wildman–Crippen MR) is 77.5 cm³/mol. The molecule has 0 amide bonds. The molecular weight excluding hydrogens is 255 g/mol. The van der Waals surface area contributed by atoms with Gasteiger partial charge in [-0.1, -0.05) is 31.0 Å². The van der Waals surface area contributed by atoms with Crippen molar-refractivity contribution < 1.29 is 4.39 Å². The fourth-order valence-corrected chi connectivity index (χ4v) is 2.00. The van der Waals surface area contributed by atoms with E-state index in [-0.39, 0.29) is 5.82 Å². The van der Waals surface area contributed by atoms with Gasteiger partial charge in [0.25, 0.3) is 0 Å². The largest absolute Gasteiger partial charge is 0.367 e. The molecule has 0 bridgehead atoms. The number of aromatic nitrogens is 2. The minimum Gasteiger partial charge on any atom is -0.367 e. The Kier molecular flexibility index (Phi) is 3.76. The zero-order chi connectivity index (χ0) is 13.8. The molecule has 1 aliphatic rings. The van der Waals surface area contributed by atoms with Crippen LogP contribution in [0.3, 0.4) is 0 Å². The van der Waals surface area contributed by atoms with E-state index < -0.39 is 5.82 Å². The van der Waals surface area contributed by atoms with Crippen LogP contribution < -0.4 is 10.6 Å². The highest BCUT2D eigenvalue weighted by molar-refractivity contribution is 5.54. The van der Waals surface area contributed by atoms with Gasteiger partial charge >= 0.3 is 0 Å². The van der Waals surface area contributed by atoms with Crippen molar-refractivity contribution >= 4 is 17.5 Å². The van der Waals surface area contributed by atoms with E-state index >= 15 is 0 Å². The number of nitrogens with zero attached hydrogens (tertiary/aromatic N) is 2. The smallest absolute Gasteiger partial charge is 0.229 e. The van der Waals surface area contributed by atoms with Crippen molar-refractivity contribution in [1.29, 1.82) is 0 Å². The summed E-state index contributed by atoms with van der Waals surface area (Å²) in [6, 6.07) is 9.59. The fourth-order valence-electron chi connectivity index (χ4n) is 2.00. The lowest BCUT2D eigenvalue weighted by Crippen LogP contribution is -2.08. The predicted octanol–water partition coefficient (Wildman–Crippen LogP) is 3.57. The van der Waals surface area contributed by atoms with E-state index in [1.165, 1.54) is 19.0 Å². The van der Waals surface area contributed by atoms with Gasteiger partial charge in [-0.05, 0) is 24.5 Å². The van der Waals surface area contributed by atoms with Crippen LogP contribution in [0.15, 0.2) is 36.5 Å². The van der Waals surface area contributed by atoms with E-state index in [9.17, 15) is 4.39 Å². The van der Waals surface area contributed by atoms with Gasteiger partial charge in [-0.15, -0.1) is 0 Å². The van der Waals surface area contributed by atoms with Crippen LogP contribution in [-0.4, -0.2) is 16.5 Å². The van der Waals surface area contributed by atoms with Crippen LogP contribution in [0.4, 0.5) is 21.8 Å². The Hall–Kier alpha value is -2.17. The number of benzene rings is 1. The Morgan fingerprint density at radius 3 is 2.75 bits per heavy atom. The number of halogens is 1. The second-order valence-corrected chi connectivity index (χ2v) is 5.04. The van der Waals surface area contributed by atoms with Crippen molar-refractivity contribution in [3.05, 3.63) is 42.3 Å². The highest BCUT2D eigenvalue weighted by Crippen LogP contribution is 2.32. The van der Waals surface area contributed by atoms with E-state index in [2.05, 4.69) is 20.6 Å². The quantitative estimate of drug-likeness (QED) is 0.844. The van der Waals surface area contributed by atoms with Gasteiger partial charge in [0.1, 0.15) is 0 Å². The van der Waals surface area contributed by atoms with Crippen molar-refractivity contribution in [2.45, 2.75) is 19.3 Å². The third kappa shape index (κ3) is 3.44. The number of anilines is 3. The molecule has 1 aromatic heterocycles. The average Bonchev–Trinajstić information content (AvgIpc) is 3.28. The molecule has 0 unspecified atom stereocenters. The minimum absolute atomic E-state index is 0.263. The summed E-state index contributed by atoms with van der Waals surface area (Å²) in [6.45, 7) is 0.753. The number of para-hydroxylation sites is 1. The molecule has 2 N–H and O–H groups in total. The highest BCUT2D eigenvalue weighted by Gasteiger charge is 2.20. The number of rotatable bonds is 6. The Bertz CT molecular complexity index is 569. The zero-order valence-electron chi connectivity index (χ0n) is 11.1. The molecule has 0 radical (unpaired) electrons. The molecule has 0 aliphatic heterocycles. The summed E-state index contributed by atoms with van der Waals surface area (Å²) in [5, 5.41) is 6.10. The first-order chi connectivity index (χ1) is 9.81. The summed E-state index contributed by atoms with van der Waals surface area (Å²) in [5.74, 6) is 1.05. The van der Waals surface area contributed by atoms with Crippen molar-refractivity contribution in [2.24, 2.45) is 5.92 Å². The Labute approximate surface area is 117 Å². The molecular formula is C15H17FN4. The first-order valence-corrected chi connectivity index (χ1v) is 6.90. The second-order valence-electron chi connectivity index (χ2n) is 5.04. The number of hydrogen-bond donors (Lipinski definition) is 2. The molecule has 0 spiro atoms. The van der Waals surface area contributed by atoms with E-state index in [0.717, 1.165) is 24.6 Å². The van der Waals surface area contributed by atoms with E-state index in [0.29, 0.717) is 5.95 Å². The van der Waals surface area contributed by atoms with Crippen LogP contribution in [0.2, 0.25) is 0 Å². The number of hydrogen-bond acceptors (Lipinski definition) is 4. The summed E-state index contributed by atoms with van der Waals surface area (Å²) in [5.41, 5.74) is 0.878. The van der Waals surface area contributed by atoms with Gasteiger partial charge in [0, 0.05) is 12.2 Å². The average molecular weight is 272 g/mol. The van der Waals surface area contributed by atoms with Crippen LogP contribution in [0.1, 0.15) is 19.3 Å². The Morgan fingerprint density at radius 2 is 2.00 bits per heavy atom. The lowest BCUT2D eigenvalue weighted by atomic mass is 10.3. The SMILES string of the molecule is Fc1cnc(Nc2ccccc2)nc1NCCC1CC1. The molecule has 5 heteroatoms. The molecule has 4 nitrogen and oxygen atoms in total. The highest BCUT2D eigenvalue weighted by atomic mass is 19.1. The minimum atomic E-state index is -0.417. The third-order valence-electron chi connectivity index (χ3n) is 3.32. The van der Waals surface area contributed by atoms with Gasteiger partial charge in [0.15, 0.2) is 11.6 Å². The van der Waals surface area contributed by atoms with Crippen LogP contribution in [0.5, 0.6) is 0 Å². The molecule has 2 aromatic rings. The van der Waals surface area contributed by atoms with Gasteiger partial charge in [-0.2, -0.15) is 4.98 Å².